The Morgan fingerprint density at radius 2 is 2.00 bits per heavy atom. The molecule has 2 unspecified atom stereocenters. The maximum Gasteiger partial charge on any atom is 0.0472 e. The lowest BCUT2D eigenvalue weighted by atomic mass is 10.0. The first-order chi connectivity index (χ1) is 4.76. The molecule has 0 saturated heterocycles. The quantitative estimate of drug-likeness (QED) is 0.392. The fourth-order valence-electron chi connectivity index (χ4n) is 0.743. The zero-order valence-corrected chi connectivity index (χ0v) is 6.12. The number of hydrogen-bond acceptors (Lipinski definition) is 4. The summed E-state index contributed by atoms with van der Waals surface area (Å²) in [5, 5.41) is 25.6. The molecule has 0 aromatic carbocycles. The summed E-state index contributed by atoms with van der Waals surface area (Å²) in [7, 11) is 0. The van der Waals surface area contributed by atoms with E-state index in [2.05, 4.69) is 0 Å². The number of hydroxylamine groups is 1. The highest BCUT2D eigenvalue weighted by atomic mass is 16.5. The highest BCUT2D eigenvalue weighted by Gasteiger charge is 2.13. The van der Waals surface area contributed by atoms with E-state index in [0.29, 0.717) is 6.42 Å². The Labute approximate surface area is 60.5 Å². The van der Waals surface area contributed by atoms with Crippen LogP contribution in [0.2, 0.25) is 0 Å². The van der Waals surface area contributed by atoms with Crippen molar-refractivity contribution in [1.82, 2.24) is 5.48 Å². The van der Waals surface area contributed by atoms with E-state index >= 15 is 0 Å². The number of aliphatic hydroxyl groups excluding tert-OH is 2. The molecule has 0 bridgehead atoms. The standard InChI is InChI=1S/C6H15NO3/c1-5(4-9)6(7-10)2-3-8/h5-10H,2-4H2,1H3. The maximum absolute atomic E-state index is 8.63. The molecule has 0 fully saturated rings. The van der Waals surface area contributed by atoms with Crippen LogP contribution in [-0.2, 0) is 0 Å². The summed E-state index contributed by atoms with van der Waals surface area (Å²) >= 11 is 0. The minimum Gasteiger partial charge on any atom is -0.396 e. The van der Waals surface area contributed by atoms with Crippen molar-refractivity contribution in [3.8, 4) is 0 Å². The van der Waals surface area contributed by atoms with Crippen LogP contribution >= 0.6 is 0 Å². The molecule has 4 heteroatoms. The fourth-order valence-corrected chi connectivity index (χ4v) is 0.743. The predicted molar refractivity (Wildman–Crippen MR) is 36.7 cm³/mol. The molecule has 10 heavy (non-hydrogen) atoms. The third-order valence-corrected chi connectivity index (χ3v) is 1.58. The van der Waals surface area contributed by atoms with Crippen molar-refractivity contribution in [3.63, 3.8) is 0 Å². The molecule has 2 atom stereocenters. The summed E-state index contributed by atoms with van der Waals surface area (Å²) in [6.07, 6.45) is 0.457. The average molecular weight is 149 g/mol. The van der Waals surface area contributed by atoms with Crippen LogP contribution in [0, 0.1) is 5.92 Å². The van der Waals surface area contributed by atoms with Gasteiger partial charge < -0.3 is 15.4 Å². The van der Waals surface area contributed by atoms with Crippen LogP contribution in [0.4, 0.5) is 0 Å². The molecule has 0 aromatic rings. The second-order valence-electron chi connectivity index (χ2n) is 2.41. The van der Waals surface area contributed by atoms with Crippen LogP contribution in [0.25, 0.3) is 0 Å². The van der Waals surface area contributed by atoms with Crippen molar-refractivity contribution in [1.29, 1.82) is 0 Å². The van der Waals surface area contributed by atoms with Gasteiger partial charge in [-0.1, -0.05) is 6.92 Å². The first-order valence-corrected chi connectivity index (χ1v) is 3.37. The second kappa shape index (κ2) is 5.61. The number of aliphatic hydroxyl groups is 2. The van der Waals surface area contributed by atoms with Gasteiger partial charge in [0, 0.05) is 19.3 Å². The molecule has 4 N–H and O–H groups in total. The molecule has 62 valence electrons. The molecule has 0 aliphatic carbocycles. The average Bonchev–Trinajstić information content (AvgIpc) is 1.99. The van der Waals surface area contributed by atoms with Crippen LogP contribution in [0.1, 0.15) is 13.3 Å². The van der Waals surface area contributed by atoms with Crippen LogP contribution in [0.5, 0.6) is 0 Å². The van der Waals surface area contributed by atoms with Gasteiger partial charge in [0.2, 0.25) is 0 Å². The molecule has 0 aliphatic heterocycles. The lowest BCUT2D eigenvalue weighted by Gasteiger charge is -2.18. The molecule has 0 aromatic heterocycles. The molecule has 0 aliphatic rings. The van der Waals surface area contributed by atoms with Gasteiger partial charge in [-0.3, -0.25) is 0 Å². The van der Waals surface area contributed by atoms with Crippen LogP contribution in [0.3, 0.4) is 0 Å². The van der Waals surface area contributed by atoms with Crippen molar-refractivity contribution in [2.24, 2.45) is 5.92 Å². The predicted octanol–water partition coefficient (Wildman–Crippen LogP) is -0.655. The SMILES string of the molecule is CC(CO)C(CCO)NO. The maximum atomic E-state index is 8.63. The fraction of sp³-hybridized carbons (Fsp3) is 1.00. The van der Waals surface area contributed by atoms with E-state index in [1.54, 1.807) is 6.92 Å². The minimum atomic E-state index is -0.213. The Morgan fingerprint density at radius 3 is 2.30 bits per heavy atom. The molecule has 0 rings (SSSR count). The topological polar surface area (TPSA) is 72.7 Å². The zero-order valence-electron chi connectivity index (χ0n) is 6.12. The van der Waals surface area contributed by atoms with E-state index in [4.69, 9.17) is 15.4 Å². The van der Waals surface area contributed by atoms with E-state index in [1.807, 2.05) is 5.48 Å². The summed E-state index contributed by atoms with van der Waals surface area (Å²) in [4.78, 5) is 0. The lowest BCUT2D eigenvalue weighted by molar-refractivity contribution is 0.0657. The highest BCUT2D eigenvalue weighted by molar-refractivity contribution is 4.67. The van der Waals surface area contributed by atoms with Crippen molar-refractivity contribution >= 4 is 0 Å². The van der Waals surface area contributed by atoms with Gasteiger partial charge in [-0.05, 0) is 12.3 Å². The minimum absolute atomic E-state index is 0.0121. The Morgan fingerprint density at radius 1 is 1.40 bits per heavy atom. The van der Waals surface area contributed by atoms with Crippen molar-refractivity contribution < 1.29 is 15.4 Å². The number of rotatable bonds is 5. The Balaban J connectivity index is 3.56. The van der Waals surface area contributed by atoms with Gasteiger partial charge in [0.05, 0.1) is 0 Å². The molecule has 0 heterocycles. The zero-order chi connectivity index (χ0) is 7.98. The van der Waals surface area contributed by atoms with Crippen molar-refractivity contribution in [2.75, 3.05) is 13.2 Å². The molecule has 0 amide bonds. The van der Waals surface area contributed by atoms with Gasteiger partial charge in [0.25, 0.3) is 0 Å². The van der Waals surface area contributed by atoms with Gasteiger partial charge in [-0.15, -0.1) is 0 Å². The van der Waals surface area contributed by atoms with E-state index in [0.717, 1.165) is 0 Å². The molecular formula is C6H15NO3. The molecule has 0 spiro atoms. The highest BCUT2D eigenvalue weighted by Crippen LogP contribution is 2.04. The normalized spacial score (nSPS) is 16.8. The summed E-state index contributed by atoms with van der Waals surface area (Å²) in [6, 6.07) is -0.213. The molecular weight excluding hydrogens is 134 g/mol. The van der Waals surface area contributed by atoms with E-state index in [9.17, 15) is 0 Å². The smallest absolute Gasteiger partial charge is 0.0472 e. The van der Waals surface area contributed by atoms with Crippen molar-refractivity contribution in [3.05, 3.63) is 0 Å². The molecule has 0 radical (unpaired) electrons. The largest absolute Gasteiger partial charge is 0.396 e. The summed E-state index contributed by atoms with van der Waals surface area (Å²) in [6.45, 7) is 1.82. The first kappa shape index (κ1) is 9.84. The Hall–Kier alpha value is -0.160. The molecule has 4 nitrogen and oxygen atoms in total. The van der Waals surface area contributed by atoms with E-state index < -0.39 is 0 Å². The first-order valence-electron chi connectivity index (χ1n) is 3.37. The number of nitrogens with one attached hydrogen (secondary N) is 1. The second-order valence-corrected chi connectivity index (χ2v) is 2.41. The lowest BCUT2D eigenvalue weighted by Crippen LogP contribution is -2.35. The summed E-state index contributed by atoms with van der Waals surface area (Å²) < 4.78 is 0. The van der Waals surface area contributed by atoms with Crippen LogP contribution in [-0.4, -0.2) is 34.7 Å². The van der Waals surface area contributed by atoms with Crippen molar-refractivity contribution in [2.45, 2.75) is 19.4 Å². The molecule has 0 saturated carbocycles. The Bertz CT molecular complexity index is 79.4. The number of hydrogen-bond donors (Lipinski definition) is 4. The van der Waals surface area contributed by atoms with Gasteiger partial charge >= 0.3 is 0 Å². The summed E-state index contributed by atoms with van der Waals surface area (Å²) in [5.41, 5.74) is 2.03. The van der Waals surface area contributed by atoms with E-state index in [1.165, 1.54) is 0 Å². The summed E-state index contributed by atoms with van der Waals surface area (Å²) in [5.74, 6) is -0.0304. The third kappa shape index (κ3) is 3.12. The Kier molecular flexibility index (Phi) is 5.52. The van der Waals surface area contributed by atoms with Gasteiger partial charge in [0.1, 0.15) is 0 Å². The monoisotopic (exact) mass is 149 g/mol. The van der Waals surface area contributed by atoms with Crippen LogP contribution < -0.4 is 5.48 Å². The third-order valence-electron chi connectivity index (χ3n) is 1.58. The van der Waals surface area contributed by atoms with Gasteiger partial charge in [-0.25, -0.2) is 5.48 Å². The van der Waals surface area contributed by atoms with Gasteiger partial charge in [-0.2, -0.15) is 0 Å². The van der Waals surface area contributed by atoms with E-state index in [-0.39, 0.29) is 25.2 Å². The van der Waals surface area contributed by atoms with Crippen LogP contribution in [0.15, 0.2) is 0 Å². The van der Waals surface area contributed by atoms with Gasteiger partial charge in [0.15, 0.2) is 0 Å².